The van der Waals surface area contributed by atoms with Gasteiger partial charge in [-0.1, -0.05) is 41.6 Å². The Balaban J connectivity index is 2.00. The molecule has 0 bridgehead atoms. The highest BCUT2D eigenvalue weighted by atomic mass is 35.5. The van der Waals surface area contributed by atoms with Gasteiger partial charge in [-0.3, -0.25) is 9.69 Å². The van der Waals surface area contributed by atoms with Crippen LogP contribution in [0.5, 0.6) is 0 Å². The molecule has 1 saturated heterocycles. The van der Waals surface area contributed by atoms with Crippen molar-refractivity contribution in [3.63, 3.8) is 0 Å². The van der Waals surface area contributed by atoms with Crippen LogP contribution in [0.2, 0.25) is 5.02 Å². The van der Waals surface area contributed by atoms with Crippen LogP contribution in [0.4, 0.5) is 15.8 Å². The molecule has 0 saturated carbocycles. The summed E-state index contributed by atoms with van der Waals surface area (Å²) in [6.07, 6.45) is 0. The lowest BCUT2D eigenvalue weighted by Gasteiger charge is -2.16. The van der Waals surface area contributed by atoms with E-state index in [2.05, 4.69) is 4.99 Å². The number of hydrogen-bond donors (Lipinski definition) is 0. The van der Waals surface area contributed by atoms with Crippen LogP contribution in [0, 0.1) is 5.82 Å². The van der Waals surface area contributed by atoms with E-state index in [0.29, 0.717) is 16.6 Å². The Labute approximate surface area is 130 Å². The van der Waals surface area contributed by atoms with Gasteiger partial charge in [-0.15, -0.1) is 0 Å². The summed E-state index contributed by atoms with van der Waals surface area (Å²) in [6, 6.07) is 13.5. The number of benzene rings is 2. The Morgan fingerprint density at radius 1 is 1.19 bits per heavy atom. The van der Waals surface area contributed by atoms with Crippen LogP contribution in [0.3, 0.4) is 0 Å². The molecular formula is C15H10ClFN2OS. The number of thioether (sulfide) groups is 1. The van der Waals surface area contributed by atoms with E-state index in [1.54, 1.807) is 0 Å². The molecule has 106 valence electrons. The van der Waals surface area contributed by atoms with Gasteiger partial charge in [-0.25, -0.2) is 9.38 Å². The number of nitrogens with zero attached hydrogens (tertiary/aromatic N) is 2. The minimum atomic E-state index is -0.513. The molecule has 6 heteroatoms. The smallest absolute Gasteiger partial charge is 0.243 e. The van der Waals surface area contributed by atoms with Gasteiger partial charge in [0.2, 0.25) is 5.91 Å². The number of amides is 1. The lowest BCUT2D eigenvalue weighted by atomic mass is 10.3. The zero-order chi connectivity index (χ0) is 14.8. The Kier molecular flexibility index (Phi) is 3.94. The van der Waals surface area contributed by atoms with Gasteiger partial charge in [-0.2, -0.15) is 0 Å². The monoisotopic (exact) mass is 320 g/mol. The van der Waals surface area contributed by atoms with Crippen molar-refractivity contribution in [3.8, 4) is 0 Å². The highest BCUT2D eigenvalue weighted by Gasteiger charge is 2.30. The highest BCUT2D eigenvalue weighted by molar-refractivity contribution is 8.15. The molecule has 3 nitrogen and oxygen atoms in total. The van der Waals surface area contributed by atoms with Gasteiger partial charge >= 0.3 is 0 Å². The summed E-state index contributed by atoms with van der Waals surface area (Å²) >= 11 is 7.14. The Bertz CT molecular complexity index is 721. The van der Waals surface area contributed by atoms with Crippen LogP contribution in [0.1, 0.15) is 0 Å². The van der Waals surface area contributed by atoms with Gasteiger partial charge in [0.25, 0.3) is 0 Å². The number of halogens is 2. The van der Waals surface area contributed by atoms with Gasteiger partial charge in [0.05, 0.1) is 22.2 Å². The molecule has 2 aromatic rings. The van der Waals surface area contributed by atoms with Crippen LogP contribution in [0.15, 0.2) is 53.5 Å². The van der Waals surface area contributed by atoms with Crippen LogP contribution in [-0.4, -0.2) is 16.8 Å². The third-order valence-corrected chi connectivity index (χ3v) is 4.12. The van der Waals surface area contributed by atoms with E-state index in [9.17, 15) is 9.18 Å². The predicted octanol–water partition coefficient (Wildman–Crippen LogP) is 4.25. The molecule has 0 N–H and O–H groups in total. The molecule has 0 aliphatic carbocycles. The quantitative estimate of drug-likeness (QED) is 0.828. The molecule has 2 aromatic carbocycles. The first-order chi connectivity index (χ1) is 10.1. The summed E-state index contributed by atoms with van der Waals surface area (Å²) < 4.78 is 13.3. The van der Waals surface area contributed by atoms with Gasteiger partial charge in [0, 0.05) is 0 Å². The topological polar surface area (TPSA) is 32.7 Å². The molecule has 3 rings (SSSR count). The van der Waals surface area contributed by atoms with Crippen molar-refractivity contribution in [3.05, 3.63) is 59.4 Å². The lowest BCUT2D eigenvalue weighted by molar-refractivity contribution is -0.115. The van der Waals surface area contributed by atoms with Crippen LogP contribution < -0.4 is 4.90 Å². The average molecular weight is 321 g/mol. The molecule has 0 unspecified atom stereocenters. The molecular weight excluding hydrogens is 311 g/mol. The van der Waals surface area contributed by atoms with E-state index in [1.807, 2.05) is 30.3 Å². The number of para-hydroxylation sites is 1. The first-order valence-electron chi connectivity index (χ1n) is 6.20. The van der Waals surface area contributed by atoms with E-state index in [4.69, 9.17) is 11.6 Å². The molecule has 0 aromatic heterocycles. The van der Waals surface area contributed by atoms with E-state index in [0.717, 1.165) is 5.69 Å². The van der Waals surface area contributed by atoms with Crippen molar-refractivity contribution < 1.29 is 9.18 Å². The fourth-order valence-corrected chi connectivity index (χ4v) is 3.00. The summed E-state index contributed by atoms with van der Waals surface area (Å²) in [6.45, 7) is 0. The summed E-state index contributed by atoms with van der Waals surface area (Å²) in [4.78, 5) is 18.0. The molecule has 1 amide bonds. The van der Waals surface area contributed by atoms with E-state index in [-0.39, 0.29) is 10.9 Å². The second-order valence-electron chi connectivity index (χ2n) is 4.35. The summed E-state index contributed by atoms with van der Waals surface area (Å²) in [7, 11) is 0. The number of carbonyl (C=O) groups excluding carboxylic acids is 1. The van der Waals surface area contributed by atoms with E-state index in [1.165, 1.54) is 34.9 Å². The maximum absolute atomic E-state index is 13.3. The maximum Gasteiger partial charge on any atom is 0.243 e. The number of anilines is 1. The largest absolute Gasteiger partial charge is 0.273 e. The summed E-state index contributed by atoms with van der Waals surface area (Å²) in [5.74, 6) is -0.306. The normalized spacial score (nSPS) is 16.8. The fourth-order valence-electron chi connectivity index (χ4n) is 1.94. The van der Waals surface area contributed by atoms with Crippen molar-refractivity contribution in [2.75, 3.05) is 10.7 Å². The molecule has 1 aliphatic heterocycles. The van der Waals surface area contributed by atoms with Gasteiger partial charge in [0.15, 0.2) is 5.17 Å². The zero-order valence-corrected chi connectivity index (χ0v) is 12.4. The van der Waals surface area contributed by atoms with Gasteiger partial charge < -0.3 is 0 Å². The molecule has 0 atom stereocenters. The van der Waals surface area contributed by atoms with Crippen molar-refractivity contribution in [2.45, 2.75) is 0 Å². The minimum Gasteiger partial charge on any atom is -0.273 e. The predicted molar refractivity (Wildman–Crippen MR) is 84.9 cm³/mol. The van der Waals surface area contributed by atoms with Crippen molar-refractivity contribution in [1.82, 2.24) is 0 Å². The lowest BCUT2D eigenvalue weighted by Crippen LogP contribution is -2.29. The van der Waals surface area contributed by atoms with Gasteiger partial charge in [0.1, 0.15) is 5.82 Å². The first kappa shape index (κ1) is 14.1. The van der Waals surface area contributed by atoms with Crippen molar-refractivity contribution >= 4 is 45.8 Å². The minimum absolute atomic E-state index is 0.0174. The number of carbonyl (C=O) groups is 1. The van der Waals surface area contributed by atoms with Crippen LogP contribution in [-0.2, 0) is 4.79 Å². The highest BCUT2D eigenvalue weighted by Crippen LogP contribution is 2.31. The Morgan fingerprint density at radius 3 is 2.67 bits per heavy atom. The van der Waals surface area contributed by atoms with Crippen LogP contribution in [0.25, 0.3) is 0 Å². The molecule has 0 radical (unpaired) electrons. The third kappa shape index (κ3) is 2.94. The standard InChI is InChI=1S/C15H10ClFN2OS/c16-12-8-11(6-7-13(12)17)19-14(20)9-21-15(19)18-10-4-2-1-3-5-10/h1-8H,9H2. The molecule has 1 aliphatic rings. The molecule has 21 heavy (non-hydrogen) atoms. The van der Waals surface area contributed by atoms with Crippen molar-refractivity contribution in [2.24, 2.45) is 4.99 Å². The average Bonchev–Trinajstić information content (AvgIpc) is 2.84. The van der Waals surface area contributed by atoms with Gasteiger partial charge in [-0.05, 0) is 30.3 Å². The second-order valence-corrected chi connectivity index (χ2v) is 5.70. The summed E-state index contributed by atoms with van der Waals surface area (Å²) in [5.41, 5.74) is 1.28. The zero-order valence-electron chi connectivity index (χ0n) is 10.8. The third-order valence-electron chi connectivity index (χ3n) is 2.91. The second kappa shape index (κ2) is 5.87. The first-order valence-corrected chi connectivity index (χ1v) is 7.56. The number of rotatable bonds is 2. The van der Waals surface area contributed by atoms with Crippen LogP contribution >= 0.6 is 23.4 Å². The molecule has 1 heterocycles. The van der Waals surface area contributed by atoms with E-state index < -0.39 is 5.82 Å². The van der Waals surface area contributed by atoms with E-state index >= 15 is 0 Å². The molecule has 0 spiro atoms. The number of hydrogen-bond acceptors (Lipinski definition) is 3. The van der Waals surface area contributed by atoms with Crippen molar-refractivity contribution in [1.29, 1.82) is 0 Å². The fraction of sp³-hybridized carbons (Fsp3) is 0.0667. The maximum atomic E-state index is 13.3. The number of amidine groups is 1. The SMILES string of the molecule is O=C1CSC(=Nc2ccccc2)N1c1ccc(F)c(Cl)c1. The molecule has 1 fully saturated rings. The Hall–Kier alpha value is -1.85. The Morgan fingerprint density at radius 2 is 1.95 bits per heavy atom. The summed E-state index contributed by atoms with van der Waals surface area (Å²) in [5, 5.41) is 0.546. The number of aliphatic imine (C=N–C) groups is 1.